The second-order valence-corrected chi connectivity index (χ2v) is 28.0. The molecule has 2 aliphatic rings. The molecule has 101 heavy (non-hydrogen) atoms. The third-order valence-corrected chi connectivity index (χ3v) is 21.2. The number of benzene rings is 16. The molecular formula is C99H76N2. The van der Waals surface area contributed by atoms with Gasteiger partial charge in [0.15, 0.2) is 0 Å². The molecule has 2 nitrogen and oxygen atoms in total. The number of hydrogen-bond donors (Lipinski definition) is 0. The summed E-state index contributed by atoms with van der Waals surface area (Å²) in [7, 11) is 0. The van der Waals surface area contributed by atoms with Gasteiger partial charge in [0.05, 0.1) is 11.4 Å². The first kappa shape index (κ1) is 62.2. The van der Waals surface area contributed by atoms with Crippen LogP contribution < -0.4 is 9.80 Å². The lowest BCUT2D eigenvalue weighted by Gasteiger charge is -2.30. The van der Waals surface area contributed by atoms with Gasteiger partial charge in [-0.2, -0.15) is 0 Å². The Balaban J connectivity index is 0.000000151. The van der Waals surface area contributed by atoms with Crippen LogP contribution in [0.25, 0.3) is 111 Å². The highest BCUT2D eigenvalue weighted by atomic mass is 15.2. The number of anilines is 6. The van der Waals surface area contributed by atoms with E-state index in [1.165, 1.54) is 138 Å². The first-order valence-electron chi connectivity index (χ1n) is 35.3. The van der Waals surface area contributed by atoms with Crippen molar-refractivity contribution in [1.82, 2.24) is 0 Å². The van der Waals surface area contributed by atoms with Gasteiger partial charge >= 0.3 is 0 Å². The third kappa shape index (κ3) is 11.2. The highest BCUT2D eigenvalue weighted by Gasteiger charge is 2.38. The molecule has 0 aromatic heterocycles. The molecule has 0 spiro atoms. The summed E-state index contributed by atoms with van der Waals surface area (Å²) >= 11 is 0. The van der Waals surface area contributed by atoms with Gasteiger partial charge in [0, 0.05) is 44.4 Å². The number of fused-ring (bicyclic) bond motifs is 8. The normalized spacial score (nSPS) is 12.8. The summed E-state index contributed by atoms with van der Waals surface area (Å²) in [4.78, 5) is 4.93. The molecule has 16 aromatic rings. The second kappa shape index (κ2) is 25.8. The fourth-order valence-electron chi connectivity index (χ4n) is 16.1. The SMILES string of the molecule is CC1(C)c2cc(-c3ccccc3)ccc2-c2ccc(N(c3ccccc3)c3cc(-c4ccccc4)c(-c4ccccc4)c4ccccc34)cc21.Cc1ccc(-c2ccc(N(c3ccc4c(c3)C(C)(C)c3ccccc3-4)c3cc(-c4ccccc4)c(-c4ccccc4)c4ccccc34)cc2)cc1. The Morgan fingerprint density at radius 3 is 0.970 bits per heavy atom. The van der Waals surface area contributed by atoms with Crippen LogP contribution in [0.15, 0.2) is 370 Å². The Morgan fingerprint density at radius 1 is 0.198 bits per heavy atom. The van der Waals surface area contributed by atoms with Crippen molar-refractivity contribution in [3.05, 3.63) is 398 Å². The van der Waals surface area contributed by atoms with Crippen molar-refractivity contribution < 1.29 is 0 Å². The van der Waals surface area contributed by atoms with Crippen LogP contribution >= 0.6 is 0 Å². The van der Waals surface area contributed by atoms with Gasteiger partial charge < -0.3 is 9.80 Å². The quantitative estimate of drug-likeness (QED) is 0.120. The Kier molecular flexibility index (Phi) is 15.9. The van der Waals surface area contributed by atoms with E-state index in [0.717, 1.165) is 34.1 Å². The molecule has 18 rings (SSSR count). The first-order chi connectivity index (χ1) is 49.5. The Labute approximate surface area is 594 Å². The van der Waals surface area contributed by atoms with Gasteiger partial charge in [0.25, 0.3) is 0 Å². The number of rotatable bonds is 12. The van der Waals surface area contributed by atoms with Crippen molar-refractivity contribution in [2.75, 3.05) is 9.80 Å². The maximum Gasteiger partial charge on any atom is 0.0546 e. The molecule has 16 aromatic carbocycles. The molecule has 0 aliphatic heterocycles. The van der Waals surface area contributed by atoms with Crippen LogP contribution in [0.2, 0.25) is 0 Å². The summed E-state index contributed by atoms with van der Waals surface area (Å²) in [6.45, 7) is 11.6. The van der Waals surface area contributed by atoms with Gasteiger partial charge in [-0.25, -0.2) is 0 Å². The molecule has 0 unspecified atom stereocenters. The van der Waals surface area contributed by atoms with Crippen molar-refractivity contribution in [1.29, 1.82) is 0 Å². The largest absolute Gasteiger partial charge is 0.310 e. The lowest BCUT2D eigenvalue weighted by Crippen LogP contribution is -2.17. The molecule has 0 amide bonds. The van der Waals surface area contributed by atoms with Crippen LogP contribution in [0, 0.1) is 6.92 Å². The maximum absolute atomic E-state index is 2.47. The smallest absolute Gasteiger partial charge is 0.0546 e. The maximum atomic E-state index is 2.47. The van der Waals surface area contributed by atoms with Crippen molar-refractivity contribution in [3.8, 4) is 89.0 Å². The number of para-hydroxylation sites is 1. The standard InChI is InChI=1S/C50H39N.C49H37N/c1-34-22-24-35(25-23-34)36-26-28-39(29-27-36)51(40-30-31-42-41-18-12-13-21-46(41)50(2,3)47(42)32-40)48-33-45(37-14-6-4-7-15-37)49(38-16-8-5-9-17-38)44-20-11-10-19-43(44)48;1-49(2)45-31-37(34-17-7-3-8-18-34)27-29-40(45)41-30-28-39(32-46(41)49)50(38-23-13-6-14-24-38)47-33-44(35-19-9-4-10-20-35)48(36-21-11-5-12-22-36)43-26-16-15-25-42(43)47/h4-33H,1-3H3;3-33H,1-2H3. The van der Waals surface area contributed by atoms with Crippen molar-refractivity contribution in [3.63, 3.8) is 0 Å². The number of nitrogens with zero attached hydrogens (tertiary/aromatic N) is 2. The van der Waals surface area contributed by atoms with E-state index in [0.29, 0.717) is 0 Å². The minimum atomic E-state index is -0.164. The first-order valence-corrected chi connectivity index (χ1v) is 35.3. The molecule has 0 bridgehead atoms. The van der Waals surface area contributed by atoms with Gasteiger partial charge in [0.1, 0.15) is 0 Å². The molecule has 0 atom stereocenters. The minimum absolute atomic E-state index is 0.114. The van der Waals surface area contributed by atoms with E-state index in [-0.39, 0.29) is 10.8 Å². The van der Waals surface area contributed by atoms with E-state index in [2.05, 4.69) is 414 Å². The molecule has 0 radical (unpaired) electrons. The molecular weight excluding hydrogens is 1220 g/mol. The Hall–Kier alpha value is -12.4. The summed E-state index contributed by atoms with van der Waals surface area (Å²) in [5.74, 6) is 0. The highest BCUT2D eigenvalue weighted by Crippen LogP contribution is 2.55. The fourth-order valence-corrected chi connectivity index (χ4v) is 16.1. The van der Waals surface area contributed by atoms with Gasteiger partial charge in [-0.3, -0.25) is 0 Å². The Morgan fingerprint density at radius 2 is 0.505 bits per heavy atom. The summed E-state index contributed by atoms with van der Waals surface area (Å²) in [5.41, 5.74) is 33.3. The van der Waals surface area contributed by atoms with Crippen LogP contribution in [0.4, 0.5) is 34.1 Å². The predicted molar refractivity (Wildman–Crippen MR) is 430 cm³/mol. The average Bonchev–Trinajstić information content (AvgIpc) is 1.67. The zero-order valence-electron chi connectivity index (χ0n) is 57.6. The van der Waals surface area contributed by atoms with Crippen molar-refractivity contribution in [2.24, 2.45) is 0 Å². The van der Waals surface area contributed by atoms with Gasteiger partial charge in [-0.1, -0.05) is 337 Å². The van der Waals surface area contributed by atoms with E-state index < -0.39 is 0 Å². The summed E-state index contributed by atoms with van der Waals surface area (Å²) in [6.07, 6.45) is 0. The van der Waals surface area contributed by atoms with E-state index in [4.69, 9.17) is 0 Å². The molecule has 2 heteroatoms. The van der Waals surface area contributed by atoms with Crippen molar-refractivity contribution in [2.45, 2.75) is 45.4 Å². The van der Waals surface area contributed by atoms with Crippen LogP contribution in [0.1, 0.15) is 55.5 Å². The number of aryl methyl sites for hydroxylation is 1. The van der Waals surface area contributed by atoms with Gasteiger partial charge in [0.2, 0.25) is 0 Å². The van der Waals surface area contributed by atoms with Gasteiger partial charge in [-0.15, -0.1) is 0 Å². The van der Waals surface area contributed by atoms with Crippen LogP contribution in [0.3, 0.4) is 0 Å². The summed E-state index contributed by atoms with van der Waals surface area (Å²) in [6, 6.07) is 135. The van der Waals surface area contributed by atoms with Crippen LogP contribution in [-0.2, 0) is 10.8 Å². The zero-order chi connectivity index (χ0) is 68.2. The molecule has 0 N–H and O–H groups in total. The topological polar surface area (TPSA) is 6.48 Å². The van der Waals surface area contributed by atoms with E-state index >= 15 is 0 Å². The van der Waals surface area contributed by atoms with Crippen LogP contribution in [-0.4, -0.2) is 0 Å². The zero-order valence-corrected chi connectivity index (χ0v) is 57.6. The van der Waals surface area contributed by atoms with E-state index in [1.807, 2.05) is 0 Å². The van der Waals surface area contributed by atoms with Crippen molar-refractivity contribution >= 4 is 55.7 Å². The monoisotopic (exact) mass is 1290 g/mol. The lowest BCUT2D eigenvalue weighted by atomic mass is 9.81. The van der Waals surface area contributed by atoms with Crippen LogP contribution in [0.5, 0.6) is 0 Å². The third-order valence-electron chi connectivity index (χ3n) is 21.2. The molecule has 0 heterocycles. The average molecular weight is 1290 g/mol. The minimum Gasteiger partial charge on any atom is -0.310 e. The molecule has 482 valence electrons. The summed E-state index contributed by atoms with van der Waals surface area (Å²) < 4.78 is 0. The molecule has 0 saturated carbocycles. The van der Waals surface area contributed by atoms with E-state index in [9.17, 15) is 0 Å². The molecule has 0 saturated heterocycles. The summed E-state index contributed by atoms with van der Waals surface area (Å²) in [5, 5.41) is 4.89. The lowest BCUT2D eigenvalue weighted by molar-refractivity contribution is 0.660. The highest BCUT2D eigenvalue weighted by molar-refractivity contribution is 6.13. The predicted octanol–water partition coefficient (Wildman–Crippen LogP) is 27.5. The fraction of sp³-hybridized carbons (Fsp3) is 0.0707. The van der Waals surface area contributed by atoms with Gasteiger partial charge in [-0.05, 0) is 196 Å². The Bertz CT molecular complexity index is 5720. The number of hydrogen-bond acceptors (Lipinski definition) is 2. The second-order valence-electron chi connectivity index (χ2n) is 28.0. The molecule has 2 aliphatic carbocycles. The van der Waals surface area contributed by atoms with E-state index in [1.54, 1.807) is 0 Å². The molecule has 0 fully saturated rings.